The maximum absolute atomic E-state index is 12.7. The molecule has 0 unspecified atom stereocenters. The summed E-state index contributed by atoms with van der Waals surface area (Å²) in [5, 5.41) is 4.50. The zero-order chi connectivity index (χ0) is 19.5. The van der Waals surface area contributed by atoms with Gasteiger partial charge in [0.25, 0.3) is 5.91 Å². The molecule has 2 aromatic heterocycles. The van der Waals surface area contributed by atoms with Gasteiger partial charge < -0.3 is 14.4 Å². The molecule has 0 fully saturated rings. The number of methoxy groups -OCH3 is 1. The second-order valence-corrected chi connectivity index (χ2v) is 6.69. The maximum Gasteiger partial charge on any atom is 0.272 e. The van der Waals surface area contributed by atoms with Gasteiger partial charge in [0, 0.05) is 23.9 Å². The molecule has 1 aromatic carbocycles. The van der Waals surface area contributed by atoms with Crippen LogP contribution in [0, 0.1) is 6.92 Å². The summed E-state index contributed by atoms with van der Waals surface area (Å²) in [5.41, 5.74) is 3.21. The van der Waals surface area contributed by atoms with Gasteiger partial charge in [0.2, 0.25) is 5.88 Å². The van der Waals surface area contributed by atoms with E-state index in [1.165, 1.54) is 0 Å². The number of amides is 1. The van der Waals surface area contributed by atoms with E-state index >= 15 is 0 Å². The van der Waals surface area contributed by atoms with Crippen LogP contribution in [0.3, 0.4) is 0 Å². The van der Waals surface area contributed by atoms with Gasteiger partial charge in [-0.2, -0.15) is 0 Å². The van der Waals surface area contributed by atoms with Crippen molar-refractivity contribution in [1.82, 2.24) is 19.7 Å². The molecule has 0 atom stereocenters. The smallest absolute Gasteiger partial charge is 0.272 e. The van der Waals surface area contributed by atoms with Crippen molar-refractivity contribution in [2.24, 2.45) is 0 Å². The highest BCUT2D eigenvalue weighted by atomic mass is 16.5. The van der Waals surface area contributed by atoms with E-state index in [0.717, 1.165) is 22.7 Å². The summed E-state index contributed by atoms with van der Waals surface area (Å²) in [6, 6.07) is 15.1. The Kier molecular flexibility index (Phi) is 4.97. The number of carbonyl (C=O) groups excluding carboxylic acids is 1. The lowest BCUT2D eigenvalue weighted by molar-refractivity contribution is 0.0699. The Labute approximate surface area is 163 Å². The van der Waals surface area contributed by atoms with Crippen molar-refractivity contribution in [3.63, 3.8) is 0 Å². The lowest BCUT2D eigenvalue weighted by Crippen LogP contribution is -2.38. The van der Waals surface area contributed by atoms with Gasteiger partial charge in [-0.3, -0.25) is 9.48 Å². The molecular weight excluding hydrogens is 356 g/mol. The number of benzene rings is 1. The number of fused-ring (bicyclic) bond motifs is 1. The first-order valence-corrected chi connectivity index (χ1v) is 9.18. The maximum atomic E-state index is 12.7. The Morgan fingerprint density at radius 3 is 2.82 bits per heavy atom. The van der Waals surface area contributed by atoms with Gasteiger partial charge in [-0.15, -0.1) is 5.10 Å². The molecule has 7 heteroatoms. The fraction of sp³-hybridized carbons (Fsp3) is 0.286. The van der Waals surface area contributed by atoms with E-state index in [4.69, 9.17) is 9.47 Å². The minimum absolute atomic E-state index is 0.0624. The molecule has 1 aliphatic rings. The van der Waals surface area contributed by atoms with Crippen LogP contribution >= 0.6 is 0 Å². The molecule has 3 heterocycles. The summed E-state index contributed by atoms with van der Waals surface area (Å²) in [4.78, 5) is 18.9. The molecule has 0 saturated carbocycles. The third-order valence-corrected chi connectivity index (χ3v) is 4.74. The van der Waals surface area contributed by atoms with E-state index in [1.54, 1.807) is 18.1 Å². The van der Waals surface area contributed by atoms with Crippen molar-refractivity contribution >= 4 is 5.91 Å². The highest BCUT2D eigenvalue weighted by Crippen LogP contribution is 2.22. The number of nitrogens with zero attached hydrogens (tertiary/aromatic N) is 4. The molecule has 3 aromatic rings. The summed E-state index contributed by atoms with van der Waals surface area (Å²) < 4.78 is 13.1. The minimum atomic E-state index is -0.0624. The largest absolute Gasteiger partial charge is 0.496 e. The van der Waals surface area contributed by atoms with E-state index in [2.05, 4.69) is 10.1 Å². The topological polar surface area (TPSA) is 69.5 Å². The van der Waals surface area contributed by atoms with Crippen LogP contribution in [0.2, 0.25) is 0 Å². The number of ether oxygens (including phenoxy) is 2. The van der Waals surface area contributed by atoms with E-state index in [9.17, 15) is 4.79 Å². The Morgan fingerprint density at radius 2 is 2.00 bits per heavy atom. The first-order valence-electron chi connectivity index (χ1n) is 9.18. The molecule has 28 heavy (non-hydrogen) atoms. The lowest BCUT2D eigenvalue weighted by atomic mass is 10.2. The Balaban J connectivity index is 1.44. The zero-order valence-corrected chi connectivity index (χ0v) is 16.0. The van der Waals surface area contributed by atoms with Crippen LogP contribution in [0.5, 0.6) is 11.6 Å². The van der Waals surface area contributed by atoms with Crippen LogP contribution in [0.4, 0.5) is 0 Å². The van der Waals surface area contributed by atoms with Gasteiger partial charge in [-0.1, -0.05) is 24.3 Å². The molecule has 144 valence electrons. The number of carbonyl (C=O) groups is 1. The highest BCUT2D eigenvalue weighted by Gasteiger charge is 2.24. The van der Waals surface area contributed by atoms with Gasteiger partial charge in [0.15, 0.2) is 0 Å². The van der Waals surface area contributed by atoms with Crippen molar-refractivity contribution in [2.45, 2.75) is 26.6 Å². The third kappa shape index (κ3) is 3.69. The van der Waals surface area contributed by atoms with Crippen molar-refractivity contribution in [3.8, 4) is 11.6 Å². The van der Waals surface area contributed by atoms with E-state index in [0.29, 0.717) is 37.8 Å². The summed E-state index contributed by atoms with van der Waals surface area (Å²) in [7, 11) is 1.64. The van der Waals surface area contributed by atoms with Crippen LogP contribution < -0.4 is 9.47 Å². The Bertz CT molecular complexity index is 999. The molecule has 1 amide bonds. The van der Waals surface area contributed by atoms with Crippen LogP contribution in [0.25, 0.3) is 0 Å². The second-order valence-electron chi connectivity index (χ2n) is 6.69. The molecular formula is C21H22N4O3. The van der Waals surface area contributed by atoms with Crippen LogP contribution in [0.15, 0.2) is 48.5 Å². The summed E-state index contributed by atoms with van der Waals surface area (Å²) >= 11 is 0. The Hall–Kier alpha value is -3.35. The highest BCUT2D eigenvalue weighted by molar-refractivity contribution is 5.92. The third-order valence-electron chi connectivity index (χ3n) is 4.74. The average Bonchev–Trinajstić information content (AvgIpc) is 3.14. The lowest BCUT2D eigenvalue weighted by Gasteiger charge is -2.27. The monoisotopic (exact) mass is 378 g/mol. The number of aryl methyl sites for hydroxylation is 1. The standard InChI is InChI=1S/C21H22N4O3/c1-15-6-5-8-18(22-15)21(26)24-10-11-25-17(13-24)12-20(23-25)28-14-16-7-3-4-9-19(16)27-2/h3-9,12H,10-11,13-14H2,1-2H3. The molecule has 0 spiro atoms. The number of para-hydroxylation sites is 1. The van der Waals surface area contributed by atoms with Crippen LogP contribution in [-0.4, -0.2) is 39.2 Å². The van der Waals surface area contributed by atoms with Gasteiger partial charge in [0.1, 0.15) is 18.1 Å². The average molecular weight is 378 g/mol. The van der Waals surface area contributed by atoms with Crippen molar-refractivity contribution in [2.75, 3.05) is 13.7 Å². The van der Waals surface area contributed by atoms with Gasteiger partial charge in [-0.25, -0.2) is 4.98 Å². The SMILES string of the molecule is COc1ccccc1COc1cc2n(n1)CCN(C(=O)c1cccc(C)n1)C2. The number of aromatic nitrogens is 3. The van der Waals surface area contributed by atoms with Crippen molar-refractivity contribution in [1.29, 1.82) is 0 Å². The van der Waals surface area contributed by atoms with Gasteiger partial charge in [-0.05, 0) is 25.1 Å². The predicted molar refractivity (Wildman–Crippen MR) is 103 cm³/mol. The number of hydrogen-bond donors (Lipinski definition) is 0. The van der Waals surface area contributed by atoms with Crippen molar-refractivity contribution in [3.05, 3.63) is 71.2 Å². The van der Waals surface area contributed by atoms with Crippen LogP contribution in [-0.2, 0) is 19.7 Å². The summed E-state index contributed by atoms with van der Waals surface area (Å²) in [5.74, 6) is 1.27. The molecule has 4 rings (SSSR count). The fourth-order valence-electron chi connectivity index (χ4n) is 3.28. The molecule has 0 bridgehead atoms. The van der Waals surface area contributed by atoms with E-state index < -0.39 is 0 Å². The minimum Gasteiger partial charge on any atom is -0.496 e. The zero-order valence-electron chi connectivity index (χ0n) is 16.0. The number of rotatable bonds is 5. The van der Waals surface area contributed by atoms with Crippen molar-refractivity contribution < 1.29 is 14.3 Å². The second kappa shape index (κ2) is 7.72. The quantitative estimate of drug-likeness (QED) is 0.683. The molecule has 0 aliphatic carbocycles. The number of pyridine rings is 1. The number of hydrogen-bond acceptors (Lipinski definition) is 5. The summed E-state index contributed by atoms with van der Waals surface area (Å²) in [6.07, 6.45) is 0. The first kappa shape index (κ1) is 18.0. The normalized spacial score (nSPS) is 13.1. The van der Waals surface area contributed by atoms with Crippen LogP contribution in [0.1, 0.15) is 27.4 Å². The molecule has 0 radical (unpaired) electrons. The summed E-state index contributed by atoms with van der Waals surface area (Å²) in [6.45, 7) is 3.96. The molecule has 7 nitrogen and oxygen atoms in total. The molecule has 1 aliphatic heterocycles. The molecule has 0 saturated heterocycles. The Morgan fingerprint density at radius 1 is 1.14 bits per heavy atom. The molecule has 0 N–H and O–H groups in total. The predicted octanol–water partition coefficient (Wildman–Crippen LogP) is 2.83. The first-order chi connectivity index (χ1) is 13.6. The van der Waals surface area contributed by atoms with Gasteiger partial charge in [0.05, 0.1) is 25.9 Å². The fourth-order valence-corrected chi connectivity index (χ4v) is 3.28. The van der Waals surface area contributed by atoms with Gasteiger partial charge >= 0.3 is 0 Å². The van der Waals surface area contributed by atoms with E-state index in [1.807, 2.05) is 54.1 Å². The van der Waals surface area contributed by atoms with E-state index in [-0.39, 0.29) is 5.91 Å².